The summed E-state index contributed by atoms with van der Waals surface area (Å²) in [6.07, 6.45) is 4.08. The molecular weight excluding hydrogens is 306 g/mol. The second-order valence-electron chi connectivity index (χ2n) is 6.74. The van der Waals surface area contributed by atoms with Crippen molar-refractivity contribution < 1.29 is 14.4 Å². The molecule has 3 rings (SSSR count). The minimum absolute atomic E-state index is 0.00868. The Labute approximate surface area is 141 Å². The molecule has 2 aliphatic rings. The average Bonchev–Trinajstić information content (AvgIpc) is 2.87. The molecule has 3 N–H and O–H groups in total. The van der Waals surface area contributed by atoms with Crippen LogP contribution in [0.1, 0.15) is 44.1 Å². The van der Waals surface area contributed by atoms with E-state index in [0.717, 1.165) is 31.2 Å². The van der Waals surface area contributed by atoms with Crippen molar-refractivity contribution in [2.75, 3.05) is 10.2 Å². The summed E-state index contributed by atoms with van der Waals surface area (Å²) in [5, 5.41) is 2.93. The number of carbonyl (C=O) groups excluding carboxylic acids is 3. The highest BCUT2D eigenvalue weighted by Gasteiger charge is 2.31. The highest BCUT2D eigenvalue weighted by molar-refractivity contribution is 6.20. The Balaban J connectivity index is 1.72. The van der Waals surface area contributed by atoms with Gasteiger partial charge in [0.1, 0.15) is 0 Å². The van der Waals surface area contributed by atoms with Gasteiger partial charge in [0.15, 0.2) is 0 Å². The topological polar surface area (TPSA) is 92.5 Å². The molecule has 1 saturated heterocycles. The largest absolute Gasteiger partial charge is 0.328 e. The zero-order valence-corrected chi connectivity index (χ0v) is 13.9. The van der Waals surface area contributed by atoms with Gasteiger partial charge in [-0.1, -0.05) is 6.42 Å². The van der Waals surface area contributed by atoms with Crippen LogP contribution < -0.4 is 16.0 Å². The third-order valence-electron chi connectivity index (χ3n) is 4.84. The van der Waals surface area contributed by atoms with Crippen LogP contribution in [-0.2, 0) is 14.4 Å². The lowest BCUT2D eigenvalue weighted by Gasteiger charge is -2.26. The van der Waals surface area contributed by atoms with Gasteiger partial charge in [-0.15, -0.1) is 0 Å². The van der Waals surface area contributed by atoms with E-state index in [2.05, 4.69) is 5.32 Å². The number of imide groups is 1. The molecule has 6 heteroatoms. The van der Waals surface area contributed by atoms with Crippen molar-refractivity contribution >= 4 is 29.1 Å². The summed E-state index contributed by atoms with van der Waals surface area (Å²) < 4.78 is 0. The second kappa shape index (κ2) is 6.73. The van der Waals surface area contributed by atoms with Gasteiger partial charge in [0.05, 0.1) is 5.69 Å². The van der Waals surface area contributed by atoms with E-state index in [0.29, 0.717) is 11.4 Å². The zero-order chi connectivity index (χ0) is 17.3. The van der Waals surface area contributed by atoms with Crippen LogP contribution in [-0.4, -0.2) is 23.8 Å². The van der Waals surface area contributed by atoms with E-state index in [4.69, 9.17) is 5.73 Å². The number of hydrogen-bond acceptors (Lipinski definition) is 4. The van der Waals surface area contributed by atoms with Crippen LogP contribution in [0, 0.1) is 12.8 Å². The Kier molecular flexibility index (Phi) is 4.66. The van der Waals surface area contributed by atoms with Crippen LogP contribution in [0.4, 0.5) is 11.4 Å². The van der Waals surface area contributed by atoms with Crippen molar-refractivity contribution in [3.8, 4) is 0 Å². The molecule has 0 aromatic heterocycles. The molecule has 128 valence electrons. The number of nitrogens with two attached hydrogens (primary N) is 1. The molecule has 6 nitrogen and oxygen atoms in total. The number of anilines is 2. The summed E-state index contributed by atoms with van der Waals surface area (Å²) in [5.74, 6) is -0.395. The van der Waals surface area contributed by atoms with Gasteiger partial charge in [-0.05, 0) is 49.9 Å². The van der Waals surface area contributed by atoms with E-state index in [1.54, 1.807) is 18.2 Å². The van der Waals surface area contributed by atoms with Crippen molar-refractivity contribution in [1.82, 2.24) is 0 Å². The SMILES string of the molecule is Cc1cc(NC(=O)C2CCCC(N)C2)ccc1N1C(=O)CCC1=O. The van der Waals surface area contributed by atoms with Crippen molar-refractivity contribution in [3.63, 3.8) is 0 Å². The third-order valence-corrected chi connectivity index (χ3v) is 4.84. The molecule has 0 spiro atoms. The first-order valence-electron chi connectivity index (χ1n) is 8.48. The van der Waals surface area contributed by atoms with Gasteiger partial charge < -0.3 is 11.1 Å². The maximum Gasteiger partial charge on any atom is 0.234 e. The van der Waals surface area contributed by atoms with E-state index in [9.17, 15) is 14.4 Å². The number of benzene rings is 1. The molecule has 1 aromatic rings. The van der Waals surface area contributed by atoms with Crippen LogP contribution >= 0.6 is 0 Å². The van der Waals surface area contributed by atoms with Crippen molar-refractivity contribution in [2.45, 2.75) is 51.5 Å². The predicted molar refractivity (Wildman–Crippen MR) is 91.5 cm³/mol. The first-order chi connectivity index (χ1) is 11.5. The van der Waals surface area contributed by atoms with Gasteiger partial charge in [-0.25, -0.2) is 0 Å². The van der Waals surface area contributed by atoms with Gasteiger partial charge in [0.2, 0.25) is 17.7 Å². The predicted octanol–water partition coefficient (Wildman–Crippen LogP) is 2.10. The fourth-order valence-corrected chi connectivity index (χ4v) is 3.54. The summed E-state index contributed by atoms with van der Waals surface area (Å²) >= 11 is 0. The Morgan fingerprint density at radius 3 is 2.54 bits per heavy atom. The molecule has 0 bridgehead atoms. The Morgan fingerprint density at radius 2 is 1.92 bits per heavy atom. The number of carbonyl (C=O) groups is 3. The van der Waals surface area contributed by atoms with Crippen LogP contribution in [0.25, 0.3) is 0 Å². The van der Waals surface area contributed by atoms with E-state index < -0.39 is 0 Å². The van der Waals surface area contributed by atoms with E-state index in [1.165, 1.54) is 4.90 Å². The van der Waals surface area contributed by atoms with Crippen molar-refractivity contribution in [2.24, 2.45) is 11.7 Å². The average molecular weight is 329 g/mol. The fourth-order valence-electron chi connectivity index (χ4n) is 3.54. The first-order valence-corrected chi connectivity index (χ1v) is 8.48. The van der Waals surface area contributed by atoms with Crippen LogP contribution in [0.15, 0.2) is 18.2 Å². The van der Waals surface area contributed by atoms with Gasteiger partial charge >= 0.3 is 0 Å². The first kappa shape index (κ1) is 16.6. The normalized spacial score (nSPS) is 24.3. The molecule has 0 radical (unpaired) electrons. The van der Waals surface area contributed by atoms with Gasteiger partial charge in [0, 0.05) is 30.5 Å². The third kappa shape index (κ3) is 3.33. The van der Waals surface area contributed by atoms with Gasteiger partial charge in [-0.2, -0.15) is 0 Å². The summed E-state index contributed by atoms with van der Waals surface area (Å²) in [5.41, 5.74) is 8.01. The molecule has 1 heterocycles. The van der Waals surface area contributed by atoms with Gasteiger partial charge in [0.25, 0.3) is 0 Å². The Bertz CT molecular complexity index is 670. The summed E-state index contributed by atoms with van der Waals surface area (Å²) in [4.78, 5) is 37.3. The van der Waals surface area contributed by atoms with Crippen LogP contribution in [0.3, 0.4) is 0 Å². The highest BCUT2D eigenvalue weighted by atomic mass is 16.2. The molecular formula is C18H23N3O3. The monoisotopic (exact) mass is 329 g/mol. The standard InChI is InChI=1S/C18H23N3O3/c1-11-9-14(20-18(24)12-3-2-4-13(19)10-12)5-6-15(11)21-16(22)7-8-17(21)23/h5-6,9,12-13H,2-4,7-8,10,19H2,1H3,(H,20,24). The molecule has 1 aliphatic carbocycles. The number of aryl methyl sites for hydroxylation is 1. The number of amides is 3. The molecule has 2 fully saturated rings. The summed E-state index contributed by atoms with van der Waals surface area (Å²) in [7, 11) is 0. The molecule has 1 aromatic carbocycles. The fraction of sp³-hybridized carbons (Fsp3) is 0.500. The Morgan fingerprint density at radius 1 is 1.21 bits per heavy atom. The molecule has 2 unspecified atom stereocenters. The molecule has 3 amide bonds. The lowest BCUT2D eigenvalue weighted by atomic mass is 9.85. The molecule has 1 saturated carbocycles. The number of nitrogens with one attached hydrogen (secondary N) is 1. The Hall–Kier alpha value is -2.21. The molecule has 24 heavy (non-hydrogen) atoms. The zero-order valence-electron chi connectivity index (χ0n) is 13.9. The lowest BCUT2D eigenvalue weighted by molar-refractivity contribution is -0.122. The number of hydrogen-bond donors (Lipinski definition) is 2. The van der Waals surface area contributed by atoms with Crippen molar-refractivity contribution in [1.29, 1.82) is 0 Å². The van der Waals surface area contributed by atoms with Gasteiger partial charge in [-0.3, -0.25) is 19.3 Å². The van der Waals surface area contributed by atoms with E-state index >= 15 is 0 Å². The molecule has 2 atom stereocenters. The highest BCUT2D eigenvalue weighted by Crippen LogP contribution is 2.29. The number of nitrogens with zero attached hydrogens (tertiary/aromatic N) is 1. The maximum atomic E-state index is 12.4. The van der Waals surface area contributed by atoms with Crippen molar-refractivity contribution in [3.05, 3.63) is 23.8 Å². The number of rotatable bonds is 3. The molecule has 1 aliphatic heterocycles. The maximum absolute atomic E-state index is 12.4. The summed E-state index contributed by atoms with van der Waals surface area (Å²) in [6, 6.07) is 5.36. The smallest absolute Gasteiger partial charge is 0.234 e. The minimum Gasteiger partial charge on any atom is -0.328 e. The quantitative estimate of drug-likeness (QED) is 0.831. The second-order valence-corrected chi connectivity index (χ2v) is 6.74. The minimum atomic E-state index is -0.170. The van der Waals surface area contributed by atoms with Crippen LogP contribution in [0.2, 0.25) is 0 Å². The van der Waals surface area contributed by atoms with E-state index in [1.807, 2.05) is 6.92 Å². The van der Waals surface area contributed by atoms with E-state index in [-0.39, 0.29) is 42.5 Å². The lowest BCUT2D eigenvalue weighted by Crippen LogP contribution is -2.34. The van der Waals surface area contributed by atoms with Crippen LogP contribution in [0.5, 0.6) is 0 Å². The summed E-state index contributed by atoms with van der Waals surface area (Å²) in [6.45, 7) is 1.83.